The molecule has 5 aromatic carbocycles. The third kappa shape index (κ3) is 9.39. The highest BCUT2D eigenvalue weighted by molar-refractivity contribution is 6.62. The van der Waals surface area contributed by atoms with Gasteiger partial charge in [0.15, 0.2) is 0 Å². The van der Waals surface area contributed by atoms with Crippen molar-refractivity contribution in [1.82, 2.24) is 0 Å². The first-order valence-corrected chi connectivity index (χ1v) is 18.9. The van der Waals surface area contributed by atoms with Crippen molar-refractivity contribution >= 4 is 12.6 Å². The smallest absolute Gasteiger partial charge is 0.399 e. The summed E-state index contributed by atoms with van der Waals surface area (Å²) in [5, 5.41) is 0. The molecule has 2 saturated heterocycles. The molecule has 7 nitrogen and oxygen atoms in total. The number of hydrogen-bond donors (Lipinski definition) is 0. The summed E-state index contributed by atoms with van der Waals surface area (Å²) < 4.78 is 46.9. The molecule has 2 aliphatic heterocycles. The van der Waals surface area contributed by atoms with Crippen LogP contribution in [-0.2, 0) is 59.4 Å². The zero-order chi connectivity index (χ0) is 37.4. The minimum absolute atomic E-state index is 0.299. The number of benzene rings is 5. The average molecular weight is 727 g/mol. The van der Waals surface area contributed by atoms with Crippen molar-refractivity contribution in [2.75, 3.05) is 6.61 Å². The van der Waals surface area contributed by atoms with E-state index in [9.17, 15) is 0 Å². The molecule has 2 heterocycles. The molecule has 0 saturated carbocycles. The second kappa shape index (κ2) is 17.6. The van der Waals surface area contributed by atoms with Crippen molar-refractivity contribution in [3.8, 4) is 0 Å². The monoisotopic (exact) mass is 726 g/mol. The van der Waals surface area contributed by atoms with E-state index in [1.807, 2.05) is 72.8 Å². The van der Waals surface area contributed by atoms with Crippen LogP contribution in [0, 0.1) is 0 Å². The molecule has 5 aromatic rings. The minimum atomic E-state index is -0.525. The molecular formula is C46H51BO7. The fraction of sp³-hybridized carbons (Fsp3) is 0.348. The Labute approximate surface area is 320 Å². The highest BCUT2D eigenvalue weighted by Crippen LogP contribution is 2.40. The Hall–Kier alpha value is -4.12. The van der Waals surface area contributed by atoms with E-state index >= 15 is 0 Å². The van der Waals surface area contributed by atoms with Crippen LogP contribution in [0.1, 0.15) is 61.6 Å². The first-order chi connectivity index (χ1) is 26.3. The van der Waals surface area contributed by atoms with Crippen LogP contribution in [0.25, 0.3) is 0 Å². The molecule has 0 spiro atoms. The zero-order valence-corrected chi connectivity index (χ0v) is 31.7. The third-order valence-electron chi connectivity index (χ3n) is 10.7. The quantitative estimate of drug-likeness (QED) is 0.101. The van der Waals surface area contributed by atoms with Gasteiger partial charge in [-0.15, -0.1) is 0 Å². The fourth-order valence-corrected chi connectivity index (χ4v) is 6.88. The van der Waals surface area contributed by atoms with E-state index in [0.29, 0.717) is 33.0 Å². The van der Waals surface area contributed by atoms with Gasteiger partial charge in [-0.05, 0) is 61.0 Å². The second-order valence-electron chi connectivity index (χ2n) is 15.1. The molecule has 2 fully saturated rings. The summed E-state index contributed by atoms with van der Waals surface area (Å²) in [7, 11) is -0.474. The van der Waals surface area contributed by atoms with Gasteiger partial charge in [0.2, 0.25) is 0 Å². The summed E-state index contributed by atoms with van der Waals surface area (Å²) in [5.41, 5.74) is 5.29. The Bertz CT molecular complexity index is 1840. The Morgan fingerprint density at radius 3 is 1.35 bits per heavy atom. The summed E-state index contributed by atoms with van der Waals surface area (Å²) in [6, 6.07) is 49.1. The van der Waals surface area contributed by atoms with Gasteiger partial charge in [-0.25, -0.2) is 0 Å². The van der Waals surface area contributed by atoms with Gasteiger partial charge in [-0.2, -0.15) is 0 Å². The molecule has 8 heteroatoms. The van der Waals surface area contributed by atoms with Crippen LogP contribution < -0.4 is 5.46 Å². The molecule has 5 atom stereocenters. The number of hydrogen-bond acceptors (Lipinski definition) is 7. The van der Waals surface area contributed by atoms with Gasteiger partial charge in [0.25, 0.3) is 0 Å². The van der Waals surface area contributed by atoms with Crippen LogP contribution in [0.5, 0.6) is 0 Å². The van der Waals surface area contributed by atoms with Gasteiger partial charge in [-0.1, -0.05) is 146 Å². The van der Waals surface area contributed by atoms with E-state index < -0.39 is 48.8 Å². The first-order valence-electron chi connectivity index (χ1n) is 18.9. The summed E-state index contributed by atoms with van der Waals surface area (Å²) in [4.78, 5) is 0. The Kier molecular flexibility index (Phi) is 12.4. The van der Waals surface area contributed by atoms with Crippen LogP contribution in [0.3, 0.4) is 0 Å². The van der Waals surface area contributed by atoms with Crippen molar-refractivity contribution < 1.29 is 33.0 Å². The predicted molar refractivity (Wildman–Crippen MR) is 211 cm³/mol. The van der Waals surface area contributed by atoms with E-state index in [1.165, 1.54) is 0 Å². The molecule has 0 amide bonds. The fourth-order valence-electron chi connectivity index (χ4n) is 6.88. The standard InChI is InChI=1S/C46H51BO7/c1-45(2)46(3,4)54-47(53-45)39-27-25-38(26-28-39)41-43(50-31-36-21-13-7-14-22-36)44(51-32-37-23-15-8-16-24-37)42(49-30-35-19-11-6-12-20-35)40(52-41)33-48-29-34-17-9-5-10-18-34/h5-28,40-44H,29-33H2,1-4H3/t40?,41-,42-,43?,44+/m0/s1. The van der Waals surface area contributed by atoms with Gasteiger partial charge < -0.3 is 33.0 Å². The summed E-state index contributed by atoms with van der Waals surface area (Å²) in [6.45, 7) is 10.2. The molecule has 0 aliphatic carbocycles. The number of ether oxygens (including phenoxy) is 5. The molecule has 0 bridgehead atoms. The van der Waals surface area contributed by atoms with Crippen molar-refractivity contribution in [1.29, 1.82) is 0 Å². The van der Waals surface area contributed by atoms with Crippen molar-refractivity contribution in [3.63, 3.8) is 0 Å². The molecule has 0 N–H and O–H groups in total. The van der Waals surface area contributed by atoms with E-state index in [0.717, 1.165) is 33.3 Å². The van der Waals surface area contributed by atoms with Gasteiger partial charge in [0.1, 0.15) is 30.5 Å². The summed E-state index contributed by atoms with van der Waals surface area (Å²) >= 11 is 0. The van der Waals surface area contributed by atoms with Crippen molar-refractivity contribution in [2.24, 2.45) is 0 Å². The Morgan fingerprint density at radius 2 is 0.889 bits per heavy atom. The van der Waals surface area contributed by atoms with Crippen LogP contribution in [0.2, 0.25) is 0 Å². The van der Waals surface area contributed by atoms with E-state index in [1.54, 1.807) is 0 Å². The Balaban J connectivity index is 1.23. The van der Waals surface area contributed by atoms with Gasteiger partial charge in [-0.3, -0.25) is 0 Å². The molecule has 2 aliphatic rings. The normalized spacial score (nSPS) is 23.3. The Morgan fingerprint density at radius 1 is 0.481 bits per heavy atom. The molecule has 54 heavy (non-hydrogen) atoms. The topological polar surface area (TPSA) is 64.6 Å². The highest BCUT2D eigenvalue weighted by Gasteiger charge is 2.52. The maximum Gasteiger partial charge on any atom is 0.494 e. The SMILES string of the molecule is CC1(C)OB(c2ccc([C@@H]3OC(COCc4ccccc4)[C@H](OCc4ccccc4)[C@@H](OCc4ccccc4)C3OCc3ccccc3)cc2)OC1(C)C. The lowest BCUT2D eigenvalue weighted by Gasteiger charge is -2.46. The first kappa shape index (κ1) is 38.2. The predicted octanol–water partition coefficient (Wildman–Crippen LogP) is 8.40. The summed E-state index contributed by atoms with van der Waals surface area (Å²) in [6.07, 6.45) is -2.51. The molecule has 0 radical (unpaired) electrons. The van der Waals surface area contributed by atoms with E-state index in [2.05, 4.69) is 100 Å². The molecule has 2 unspecified atom stereocenters. The van der Waals surface area contributed by atoms with Crippen LogP contribution in [0.4, 0.5) is 0 Å². The average Bonchev–Trinajstić information content (AvgIpc) is 3.43. The van der Waals surface area contributed by atoms with E-state index in [4.69, 9.17) is 33.0 Å². The van der Waals surface area contributed by atoms with Crippen LogP contribution >= 0.6 is 0 Å². The maximum absolute atomic E-state index is 7.11. The lowest BCUT2D eigenvalue weighted by Crippen LogP contribution is -2.58. The van der Waals surface area contributed by atoms with E-state index in [-0.39, 0.29) is 0 Å². The third-order valence-corrected chi connectivity index (χ3v) is 10.7. The van der Waals surface area contributed by atoms with Crippen molar-refractivity contribution in [3.05, 3.63) is 173 Å². The summed E-state index contributed by atoms with van der Waals surface area (Å²) in [5.74, 6) is 0. The van der Waals surface area contributed by atoms with Gasteiger partial charge >= 0.3 is 7.12 Å². The second-order valence-corrected chi connectivity index (χ2v) is 15.1. The molecule has 7 rings (SSSR count). The van der Waals surface area contributed by atoms with Gasteiger partial charge in [0, 0.05) is 0 Å². The van der Waals surface area contributed by atoms with Crippen LogP contribution in [-0.4, -0.2) is 49.3 Å². The minimum Gasteiger partial charge on any atom is -0.399 e. The molecule has 280 valence electrons. The largest absolute Gasteiger partial charge is 0.494 e. The maximum atomic E-state index is 7.11. The lowest BCUT2D eigenvalue weighted by atomic mass is 9.78. The molecular weight excluding hydrogens is 675 g/mol. The highest BCUT2D eigenvalue weighted by atomic mass is 16.7. The number of rotatable bonds is 15. The van der Waals surface area contributed by atoms with Crippen molar-refractivity contribution in [2.45, 2.75) is 95.8 Å². The zero-order valence-electron chi connectivity index (χ0n) is 31.7. The van der Waals surface area contributed by atoms with Gasteiger partial charge in [0.05, 0.1) is 44.2 Å². The van der Waals surface area contributed by atoms with Crippen LogP contribution in [0.15, 0.2) is 146 Å². The molecule has 0 aromatic heterocycles. The lowest BCUT2D eigenvalue weighted by molar-refractivity contribution is -0.275.